The summed E-state index contributed by atoms with van der Waals surface area (Å²) in [5, 5.41) is 14.6. The standard InChI is InChI=1S/C18H32N2O3/c1-12(2)17(21)19-15-7-3-13(4-8-15)11-14-5-9-16(10-6-14)20-18(22)23/h12-16,20H,3-11H2,1-2H3,(H,19,21)(H,22,23). The van der Waals surface area contributed by atoms with Gasteiger partial charge in [-0.15, -0.1) is 0 Å². The van der Waals surface area contributed by atoms with E-state index >= 15 is 0 Å². The van der Waals surface area contributed by atoms with Gasteiger partial charge in [0.15, 0.2) is 0 Å². The lowest BCUT2D eigenvalue weighted by Gasteiger charge is -2.34. The molecule has 0 saturated heterocycles. The van der Waals surface area contributed by atoms with Crippen molar-refractivity contribution in [1.29, 1.82) is 0 Å². The average molecular weight is 324 g/mol. The van der Waals surface area contributed by atoms with Crippen molar-refractivity contribution < 1.29 is 14.7 Å². The van der Waals surface area contributed by atoms with Gasteiger partial charge in [-0.2, -0.15) is 0 Å². The molecule has 0 aromatic carbocycles. The van der Waals surface area contributed by atoms with Gasteiger partial charge in [-0.1, -0.05) is 13.8 Å². The average Bonchev–Trinajstić information content (AvgIpc) is 2.50. The Morgan fingerprint density at radius 3 is 1.70 bits per heavy atom. The number of carbonyl (C=O) groups is 2. The normalized spacial score (nSPS) is 31.6. The molecule has 2 saturated carbocycles. The number of amides is 2. The second-order valence-corrected chi connectivity index (χ2v) is 7.78. The van der Waals surface area contributed by atoms with E-state index in [1.54, 1.807) is 0 Å². The van der Waals surface area contributed by atoms with Crippen LogP contribution in [-0.2, 0) is 4.79 Å². The summed E-state index contributed by atoms with van der Waals surface area (Å²) in [6.07, 6.45) is 9.31. The van der Waals surface area contributed by atoms with Gasteiger partial charge in [-0.25, -0.2) is 4.79 Å². The lowest BCUT2D eigenvalue weighted by Crippen LogP contribution is -2.40. The third-order valence-corrected chi connectivity index (χ3v) is 5.56. The van der Waals surface area contributed by atoms with Crippen LogP contribution in [0.1, 0.15) is 71.6 Å². The Hall–Kier alpha value is -1.26. The zero-order valence-corrected chi connectivity index (χ0v) is 14.5. The molecule has 5 nitrogen and oxygen atoms in total. The van der Waals surface area contributed by atoms with Crippen molar-refractivity contribution in [2.75, 3.05) is 0 Å². The number of nitrogens with one attached hydrogen (secondary N) is 2. The van der Waals surface area contributed by atoms with Crippen LogP contribution in [0.15, 0.2) is 0 Å². The summed E-state index contributed by atoms with van der Waals surface area (Å²) in [6, 6.07) is 0.530. The second-order valence-electron chi connectivity index (χ2n) is 7.78. The molecule has 5 heteroatoms. The van der Waals surface area contributed by atoms with Gasteiger partial charge in [0.2, 0.25) is 5.91 Å². The summed E-state index contributed by atoms with van der Waals surface area (Å²) in [5.74, 6) is 1.80. The molecule has 132 valence electrons. The fourth-order valence-corrected chi connectivity index (χ4v) is 4.10. The van der Waals surface area contributed by atoms with Gasteiger partial charge in [-0.3, -0.25) is 4.79 Å². The first kappa shape index (κ1) is 18.1. The highest BCUT2D eigenvalue weighted by molar-refractivity contribution is 5.78. The minimum absolute atomic E-state index is 0.0716. The number of hydrogen-bond donors (Lipinski definition) is 3. The van der Waals surface area contributed by atoms with Crippen LogP contribution in [0, 0.1) is 17.8 Å². The summed E-state index contributed by atoms with van der Waals surface area (Å²) in [4.78, 5) is 22.4. The van der Waals surface area contributed by atoms with Crippen molar-refractivity contribution in [2.24, 2.45) is 17.8 Å². The van der Waals surface area contributed by atoms with Crippen LogP contribution in [0.3, 0.4) is 0 Å². The van der Waals surface area contributed by atoms with Gasteiger partial charge in [0.05, 0.1) is 0 Å². The van der Waals surface area contributed by atoms with E-state index in [0.29, 0.717) is 6.04 Å². The first-order chi connectivity index (χ1) is 10.9. The molecular formula is C18H32N2O3. The van der Waals surface area contributed by atoms with Gasteiger partial charge in [0.1, 0.15) is 0 Å². The molecule has 0 spiro atoms. The van der Waals surface area contributed by atoms with Gasteiger partial charge < -0.3 is 15.7 Å². The number of carboxylic acid groups (broad SMARTS) is 1. The largest absolute Gasteiger partial charge is 0.465 e. The molecule has 23 heavy (non-hydrogen) atoms. The Morgan fingerprint density at radius 2 is 1.30 bits per heavy atom. The van der Waals surface area contributed by atoms with Gasteiger partial charge >= 0.3 is 6.09 Å². The molecule has 0 atom stereocenters. The van der Waals surface area contributed by atoms with Gasteiger partial charge in [0, 0.05) is 18.0 Å². The van der Waals surface area contributed by atoms with E-state index in [0.717, 1.165) is 50.4 Å². The summed E-state index contributed by atoms with van der Waals surface area (Å²) in [6.45, 7) is 3.88. The molecular weight excluding hydrogens is 292 g/mol. The lowest BCUT2D eigenvalue weighted by atomic mass is 9.75. The molecule has 0 unspecified atom stereocenters. The Morgan fingerprint density at radius 1 is 0.870 bits per heavy atom. The van der Waals surface area contributed by atoms with Crippen LogP contribution < -0.4 is 10.6 Å². The Labute approximate surface area is 139 Å². The number of carbonyl (C=O) groups excluding carboxylic acids is 1. The smallest absolute Gasteiger partial charge is 0.404 e. The fourth-order valence-electron chi connectivity index (χ4n) is 4.10. The minimum atomic E-state index is -0.893. The second kappa shape index (κ2) is 8.55. The monoisotopic (exact) mass is 324 g/mol. The number of hydrogen-bond acceptors (Lipinski definition) is 2. The van der Waals surface area contributed by atoms with E-state index in [4.69, 9.17) is 5.11 Å². The maximum Gasteiger partial charge on any atom is 0.404 e. The first-order valence-electron chi connectivity index (χ1n) is 9.24. The van der Waals surface area contributed by atoms with E-state index in [-0.39, 0.29) is 17.9 Å². The Bertz CT molecular complexity index is 395. The van der Waals surface area contributed by atoms with Crippen molar-refractivity contribution in [1.82, 2.24) is 10.6 Å². The third kappa shape index (κ3) is 6.04. The van der Waals surface area contributed by atoms with E-state index in [9.17, 15) is 9.59 Å². The summed E-state index contributed by atoms with van der Waals surface area (Å²) < 4.78 is 0. The molecule has 2 amide bonds. The van der Waals surface area contributed by atoms with Crippen LogP contribution in [0.4, 0.5) is 4.79 Å². The Balaban J connectivity index is 1.63. The molecule has 3 N–H and O–H groups in total. The third-order valence-electron chi connectivity index (χ3n) is 5.56. The van der Waals surface area contributed by atoms with Crippen LogP contribution in [0.2, 0.25) is 0 Å². The van der Waals surface area contributed by atoms with Gasteiger partial charge in [0.25, 0.3) is 0 Å². The lowest BCUT2D eigenvalue weighted by molar-refractivity contribution is -0.125. The molecule has 0 heterocycles. The summed E-state index contributed by atoms with van der Waals surface area (Å²) >= 11 is 0. The minimum Gasteiger partial charge on any atom is -0.465 e. The van der Waals surface area contributed by atoms with Crippen molar-refractivity contribution in [3.05, 3.63) is 0 Å². The molecule has 0 bridgehead atoms. The SMILES string of the molecule is CC(C)C(=O)NC1CCC(CC2CCC(NC(=O)O)CC2)CC1. The summed E-state index contributed by atoms with van der Waals surface area (Å²) in [5.41, 5.74) is 0. The molecule has 2 fully saturated rings. The molecule has 2 aliphatic carbocycles. The molecule has 0 aromatic heterocycles. The van der Waals surface area contributed by atoms with Crippen molar-refractivity contribution >= 4 is 12.0 Å². The van der Waals surface area contributed by atoms with E-state index < -0.39 is 6.09 Å². The van der Waals surface area contributed by atoms with E-state index in [1.165, 1.54) is 19.3 Å². The fraction of sp³-hybridized carbons (Fsp3) is 0.889. The zero-order valence-electron chi connectivity index (χ0n) is 14.5. The quantitative estimate of drug-likeness (QED) is 0.724. The predicted octanol–water partition coefficient (Wildman–Crippen LogP) is 3.53. The highest BCUT2D eigenvalue weighted by atomic mass is 16.4. The van der Waals surface area contributed by atoms with Crippen molar-refractivity contribution in [3.63, 3.8) is 0 Å². The van der Waals surface area contributed by atoms with Crippen LogP contribution >= 0.6 is 0 Å². The highest BCUT2D eigenvalue weighted by Gasteiger charge is 2.28. The van der Waals surface area contributed by atoms with Crippen LogP contribution in [0.5, 0.6) is 0 Å². The highest BCUT2D eigenvalue weighted by Crippen LogP contribution is 2.35. The molecule has 0 aliphatic heterocycles. The van der Waals surface area contributed by atoms with Gasteiger partial charge in [-0.05, 0) is 69.6 Å². The summed E-state index contributed by atoms with van der Waals surface area (Å²) in [7, 11) is 0. The topological polar surface area (TPSA) is 78.4 Å². The van der Waals surface area contributed by atoms with E-state index in [2.05, 4.69) is 10.6 Å². The number of rotatable bonds is 5. The molecule has 0 radical (unpaired) electrons. The maximum absolute atomic E-state index is 11.8. The van der Waals surface area contributed by atoms with Crippen LogP contribution in [0.25, 0.3) is 0 Å². The maximum atomic E-state index is 11.8. The first-order valence-corrected chi connectivity index (χ1v) is 9.24. The Kier molecular flexibility index (Phi) is 6.72. The van der Waals surface area contributed by atoms with Crippen molar-refractivity contribution in [3.8, 4) is 0 Å². The molecule has 2 rings (SSSR count). The molecule has 0 aromatic rings. The van der Waals surface area contributed by atoms with Crippen LogP contribution in [-0.4, -0.2) is 29.2 Å². The predicted molar refractivity (Wildman–Crippen MR) is 90.3 cm³/mol. The molecule has 2 aliphatic rings. The van der Waals surface area contributed by atoms with E-state index in [1.807, 2.05) is 13.8 Å². The van der Waals surface area contributed by atoms with Crippen molar-refractivity contribution in [2.45, 2.75) is 83.7 Å². The zero-order chi connectivity index (χ0) is 16.8.